The second-order valence-corrected chi connectivity index (χ2v) is 4.97. The molecular weight excluding hydrogens is 164 g/mol. The van der Waals surface area contributed by atoms with Gasteiger partial charge in [-0.05, 0) is 17.3 Å². The Labute approximate surface area is 78.7 Å². The Balaban J connectivity index is 2.28. The summed E-state index contributed by atoms with van der Waals surface area (Å²) in [5, 5.41) is 0. The summed E-state index contributed by atoms with van der Waals surface area (Å²) in [4.78, 5) is 22.7. The van der Waals surface area contributed by atoms with Gasteiger partial charge in [-0.15, -0.1) is 0 Å². The number of hydrogen-bond donors (Lipinski definition) is 0. The minimum Gasteiger partial charge on any atom is -0.300 e. The summed E-state index contributed by atoms with van der Waals surface area (Å²) >= 11 is 0. The van der Waals surface area contributed by atoms with Crippen LogP contribution in [0.4, 0.5) is 0 Å². The molecule has 13 heavy (non-hydrogen) atoms. The first-order valence-corrected chi connectivity index (χ1v) is 5.06. The van der Waals surface area contributed by atoms with Gasteiger partial charge in [0.2, 0.25) is 0 Å². The van der Waals surface area contributed by atoms with Crippen molar-refractivity contribution in [2.45, 2.75) is 39.5 Å². The van der Waals surface area contributed by atoms with E-state index >= 15 is 0 Å². The van der Waals surface area contributed by atoms with Crippen molar-refractivity contribution < 1.29 is 9.59 Å². The topological polar surface area (TPSA) is 34.1 Å². The van der Waals surface area contributed by atoms with Crippen molar-refractivity contribution >= 4 is 11.6 Å². The lowest BCUT2D eigenvalue weighted by molar-refractivity contribution is -0.126. The van der Waals surface area contributed by atoms with Crippen molar-refractivity contribution in [2.24, 2.45) is 17.3 Å². The van der Waals surface area contributed by atoms with Gasteiger partial charge in [-0.1, -0.05) is 13.8 Å². The molecule has 0 unspecified atom stereocenters. The van der Waals surface area contributed by atoms with E-state index in [9.17, 15) is 9.59 Å². The van der Waals surface area contributed by atoms with E-state index in [0.29, 0.717) is 49.1 Å². The first kappa shape index (κ1) is 8.92. The molecule has 0 radical (unpaired) electrons. The van der Waals surface area contributed by atoms with E-state index in [1.54, 1.807) is 0 Å². The summed E-state index contributed by atoms with van der Waals surface area (Å²) in [5.74, 6) is 1.44. The van der Waals surface area contributed by atoms with E-state index in [2.05, 4.69) is 13.8 Å². The average Bonchev–Trinajstić information content (AvgIpc) is 2.26. The molecule has 0 bridgehead atoms. The molecule has 0 aliphatic heterocycles. The average molecular weight is 180 g/mol. The van der Waals surface area contributed by atoms with Crippen molar-refractivity contribution in [3.05, 3.63) is 0 Å². The van der Waals surface area contributed by atoms with Crippen LogP contribution in [0.3, 0.4) is 0 Å². The van der Waals surface area contributed by atoms with Gasteiger partial charge in [0, 0.05) is 25.7 Å². The Kier molecular flexibility index (Phi) is 1.83. The summed E-state index contributed by atoms with van der Waals surface area (Å²) in [6.07, 6.45) is 2.67. The molecule has 2 fully saturated rings. The van der Waals surface area contributed by atoms with E-state index in [4.69, 9.17) is 0 Å². The fraction of sp³-hybridized carbons (Fsp3) is 0.818. The lowest BCUT2D eigenvalue weighted by Gasteiger charge is -2.40. The molecule has 0 aromatic rings. The first-order chi connectivity index (χ1) is 6.02. The predicted molar refractivity (Wildman–Crippen MR) is 49.2 cm³/mol. The van der Waals surface area contributed by atoms with Crippen LogP contribution in [0.1, 0.15) is 39.5 Å². The van der Waals surface area contributed by atoms with Gasteiger partial charge >= 0.3 is 0 Å². The van der Waals surface area contributed by atoms with Gasteiger partial charge in [0.15, 0.2) is 0 Å². The van der Waals surface area contributed by atoms with Crippen LogP contribution in [-0.2, 0) is 9.59 Å². The number of rotatable bonds is 0. The van der Waals surface area contributed by atoms with E-state index in [0.717, 1.165) is 0 Å². The molecule has 3 atom stereocenters. The molecule has 0 spiro atoms. The van der Waals surface area contributed by atoms with E-state index in [1.165, 1.54) is 0 Å². The van der Waals surface area contributed by atoms with Crippen LogP contribution in [-0.4, -0.2) is 11.6 Å². The molecule has 0 aromatic heterocycles. The van der Waals surface area contributed by atoms with Gasteiger partial charge in [0.25, 0.3) is 0 Å². The predicted octanol–water partition coefficient (Wildman–Crippen LogP) is 1.97. The van der Waals surface area contributed by atoms with Crippen LogP contribution in [0.15, 0.2) is 0 Å². The monoisotopic (exact) mass is 180 g/mol. The summed E-state index contributed by atoms with van der Waals surface area (Å²) < 4.78 is 0. The number of ketones is 2. The summed E-state index contributed by atoms with van der Waals surface area (Å²) in [7, 11) is 0. The maximum Gasteiger partial charge on any atom is 0.133 e. The second kappa shape index (κ2) is 2.66. The zero-order chi connectivity index (χ0) is 9.64. The number of fused-ring (bicyclic) bond motifs is 1. The van der Waals surface area contributed by atoms with Crippen LogP contribution in [0, 0.1) is 17.3 Å². The molecule has 0 saturated heterocycles. The van der Waals surface area contributed by atoms with Gasteiger partial charge in [0.05, 0.1) is 0 Å². The van der Waals surface area contributed by atoms with Gasteiger partial charge in [-0.2, -0.15) is 0 Å². The van der Waals surface area contributed by atoms with Gasteiger partial charge in [-0.25, -0.2) is 0 Å². The molecule has 2 heteroatoms. The summed E-state index contributed by atoms with van der Waals surface area (Å²) in [5.41, 5.74) is 0.130. The summed E-state index contributed by atoms with van der Waals surface area (Å²) in [6, 6.07) is 0. The molecule has 72 valence electrons. The first-order valence-electron chi connectivity index (χ1n) is 5.06. The van der Waals surface area contributed by atoms with Crippen molar-refractivity contribution in [1.82, 2.24) is 0 Å². The lowest BCUT2D eigenvalue weighted by Crippen LogP contribution is -2.37. The molecule has 2 saturated carbocycles. The van der Waals surface area contributed by atoms with Crippen LogP contribution in [0.25, 0.3) is 0 Å². The highest BCUT2D eigenvalue weighted by Gasteiger charge is 2.50. The Morgan fingerprint density at radius 3 is 2.46 bits per heavy atom. The SMILES string of the molecule is C[C@@H]1CC(=O)C[C@H]2CC(=O)C[C@]21C. The second-order valence-electron chi connectivity index (χ2n) is 4.97. The molecule has 2 aliphatic rings. The van der Waals surface area contributed by atoms with E-state index in [-0.39, 0.29) is 5.41 Å². The number of carbonyl (C=O) groups excluding carboxylic acids is 2. The van der Waals surface area contributed by atoms with Crippen LogP contribution < -0.4 is 0 Å². The summed E-state index contributed by atoms with van der Waals surface area (Å²) in [6.45, 7) is 4.29. The number of hydrogen-bond acceptors (Lipinski definition) is 2. The highest BCUT2D eigenvalue weighted by molar-refractivity contribution is 5.86. The Bertz CT molecular complexity index is 267. The molecule has 0 heterocycles. The minimum absolute atomic E-state index is 0.130. The highest BCUT2D eigenvalue weighted by atomic mass is 16.1. The molecular formula is C11H16O2. The van der Waals surface area contributed by atoms with Crippen molar-refractivity contribution in [3.63, 3.8) is 0 Å². The van der Waals surface area contributed by atoms with Gasteiger partial charge in [0.1, 0.15) is 11.6 Å². The van der Waals surface area contributed by atoms with Crippen molar-refractivity contribution in [1.29, 1.82) is 0 Å². The molecule has 0 amide bonds. The Hall–Kier alpha value is -0.660. The number of carbonyl (C=O) groups is 2. The standard InChI is InChI=1S/C11H16O2/c1-7-3-9(12)4-8-5-10(13)6-11(7,8)2/h7-8H,3-6H2,1-2H3/t7-,8+,11+/m1/s1. The zero-order valence-electron chi connectivity index (χ0n) is 8.30. The highest BCUT2D eigenvalue weighted by Crippen LogP contribution is 2.52. The smallest absolute Gasteiger partial charge is 0.133 e. The minimum atomic E-state index is 0.130. The molecule has 2 aliphatic carbocycles. The maximum atomic E-state index is 11.4. The van der Waals surface area contributed by atoms with Gasteiger partial charge in [-0.3, -0.25) is 9.59 Å². The third kappa shape index (κ3) is 1.23. The van der Waals surface area contributed by atoms with E-state index in [1.807, 2.05) is 0 Å². The van der Waals surface area contributed by atoms with Crippen LogP contribution >= 0.6 is 0 Å². The van der Waals surface area contributed by atoms with Gasteiger partial charge < -0.3 is 0 Å². The normalized spacial score (nSPS) is 45.1. The molecule has 0 N–H and O–H groups in total. The third-order valence-electron chi connectivity index (χ3n) is 4.12. The number of Topliss-reactive ketones (excluding diaryl/α,β-unsaturated/α-hetero) is 2. The fourth-order valence-corrected chi connectivity index (χ4v) is 2.96. The fourth-order valence-electron chi connectivity index (χ4n) is 2.96. The largest absolute Gasteiger partial charge is 0.300 e. The van der Waals surface area contributed by atoms with Crippen LogP contribution in [0.2, 0.25) is 0 Å². The van der Waals surface area contributed by atoms with Crippen LogP contribution in [0.5, 0.6) is 0 Å². The molecule has 2 rings (SSSR count). The lowest BCUT2D eigenvalue weighted by atomic mass is 9.63. The Morgan fingerprint density at radius 1 is 1.15 bits per heavy atom. The molecule has 0 aromatic carbocycles. The van der Waals surface area contributed by atoms with Crippen molar-refractivity contribution in [2.75, 3.05) is 0 Å². The Morgan fingerprint density at radius 2 is 1.77 bits per heavy atom. The quantitative estimate of drug-likeness (QED) is 0.571. The van der Waals surface area contributed by atoms with Crippen molar-refractivity contribution in [3.8, 4) is 0 Å². The van der Waals surface area contributed by atoms with E-state index < -0.39 is 0 Å². The third-order valence-corrected chi connectivity index (χ3v) is 4.12. The zero-order valence-corrected chi connectivity index (χ0v) is 8.30. The maximum absolute atomic E-state index is 11.4. The molecule has 2 nitrogen and oxygen atoms in total.